The predicted octanol–water partition coefficient (Wildman–Crippen LogP) is 5.60. The van der Waals surface area contributed by atoms with Gasteiger partial charge in [-0.05, 0) is 50.8 Å². The molecule has 0 aromatic heterocycles. The van der Waals surface area contributed by atoms with Gasteiger partial charge in [0.1, 0.15) is 0 Å². The minimum atomic E-state index is -0.360. The minimum Gasteiger partial charge on any atom is -0.402 e. The third kappa shape index (κ3) is 3.09. The molecule has 1 unspecified atom stereocenters. The second-order valence-electron chi connectivity index (χ2n) is 8.59. The van der Waals surface area contributed by atoms with Crippen LogP contribution >= 0.6 is 0 Å². The molecule has 1 aliphatic heterocycles. The van der Waals surface area contributed by atoms with Crippen molar-refractivity contribution in [3.8, 4) is 0 Å². The van der Waals surface area contributed by atoms with E-state index in [0.29, 0.717) is 0 Å². The fourth-order valence-corrected chi connectivity index (χ4v) is 3.92. The van der Waals surface area contributed by atoms with Gasteiger partial charge in [-0.2, -0.15) is 0 Å². The van der Waals surface area contributed by atoms with Gasteiger partial charge in [0.05, 0.1) is 16.5 Å². The predicted molar refractivity (Wildman–Crippen MR) is 112 cm³/mol. The molecular weight excluding hydrogens is 331 g/mol. The van der Waals surface area contributed by atoms with E-state index in [0.717, 1.165) is 6.42 Å². The number of hydrogen-bond donors (Lipinski definition) is 0. The lowest BCUT2D eigenvalue weighted by Crippen LogP contribution is -2.45. The Balaban J connectivity index is 1.78. The molecule has 2 aliphatic rings. The zero-order valence-electron chi connectivity index (χ0n) is 16.6. The summed E-state index contributed by atoms with van der Waals surface area (Å²) in [5.41, 5.74) is 3.06. The SMILES string of the molecule is CC1(C)OB(C2(c3ccccc3)C=CC=C(c3ccccc3)C2)OC1(C)C. The van der Waals surface area contributed by atoms with Gasteiger partial charge < -0.3 is 9.31 Å². The van der Waals surface area contributed by atoms with Crippen molar-refractivity contribution in [1.29, 1.82) is 0 Å². The maximum absolute atomic E-state index is 6.54. The molecule has 0 spiro atoms. The molecule has 1 saturated heterocycles. The van der Waals surface area contributed by atoms with Crippen LogP contribution in [0.3, 0.4) is 0 Å². The van der Waals surface area contributed by atoms with Crippen LogP contribution in [0.15, 0.2) is 78.9 Å². The Kier molecular flexibility index (Phi) is 4.40. The van der Waals surface area contributed by atoms with Crippen molar-refractivity contribution in [2.75, 3.05) is 0 Å². The minimum absolute atomic E-state index is 0.339. The highest BCUT2D eigenvalue weighted by Gasteiger charge is 2.59. The average Bonchev–Trinajstić information content (AvgIpc) is 2.91. The zero-order chi connectivity index (χ0) is 19.1. The van der Waals surface area contributed by atoms with Crippen LogP contribution in [0.2, 0.25) is 0 Å². The van der Waals surface area contributed by atoms with Gasteiger partial charge >= 0.3 is 7.12 Å². The van der Waals surface area contributed by atoms with Crippen LogP contribution in [-0.4, -0.2) is 18.3 Å². The summed E-state index contributed by atoms with van der Waals surface area (Å²) in [6, 6.07) is 21.2. The Labute approximate surface area is 163 Å². The Morgan fingerprint density at radius 3 is 1.93 bits per heavy atom. The largest absolute Gasteiger partial charge is 0.473 e. The van der Waals surface area contributed by atoms with Gasteiger partial charge in [-0.25, -0.2) is 0 Å². The highest BCUT2D eigenvalue weighted by atomic mass is 16.7. The highest BCUT2D eigenvalue weighted by molar-refractivity contribution is 6.51. The van der Waals surface area contributed by atoms with Crippen molar-refractivity contribution in [3.63, 3.8) is 0 Å². The summed E-state index contributed by atoms with van der Waals surface area (Å²) in [6.07, 6.45) is 7.47. The first-order chi connectivity index (χ1) is 12.8. The molecule has 2 aromatic rings. The van der Waals surface area contributed by atoms with Gasteiger partial charge in [0.25, 0.3) is 0 Å². The van der Waals surface area contributed by atoms with Gasteiger partial charge in [-0.15, -0.1) is 0 Å². The first-order valence-corrected chi connectivity index (χ1v) is 9.69. The van der Waals surface area contributed by atoms with E-state index in [4.69, 9.17) is 9.31 Å². The number of benzene rings is 2. The monoisotopic (exact) mass is 358 g/mol. The van der Waals surface area contributed by atoms with Crippen molar-refractivity contribution in [1.82, 2.24) is 0 Å². The summed E-state index contributed by atoms with van der Waals surface area (Å²) in [6.45, 7) is 8.47. The number of allylic oxidation sites excluding steroid dienone is 4. The molecule has 1 atom stereocenters. The zero-order valence-corrected chi connectivity index (χ0v) is 16.6. The van der Waals surface area contributed by atoms with E-state index in [1.807, 2.05) is 0 Å². The lowest BCUT2D eigenvalue weighted by Gasteiger charge is -2.36. The molecule has 2 aromatic carbocycles. The van der Waals surface area contributed by atoms with Crippen LogP contribution in [-0.2, 0) is 14.6 Å². The van der Waals surface area contributed by atoms with Crippen molar-refractivity contribution in [2.24, 2.45) is 0 Å². The van der Waals surface area contributed by atoms with Gasteiger partial charge in [-0.1, -0.05) is 78.9 Å². The Bertz CT molecular complexity index is 852. The fraction of sp³-hybridized carbons (Fsp3) is 0.333. The van der Waals surface area contributed by atoms with Crippen LogP contribution < -0.4 is 0 Å². The molecule has 0 bridgehead atoms. The van der Waals surface area contributed by atoms with Gasteiger partial charge in [-0.3, -0.25) is 0 Å². The topological polar surface area (TPSA) is 18.5 Å². The molecule has 0 radical (unpaired) electrons. The van der Waals surface area contributed by atoms with Crippen molar-refractivity contribution in [2.45, 2.75) is 50.6 Å². The normalized spacial score (nSPS) is 26.1. The average molecular weight is 358 g/mol. The van der Waals surface area contributed by atoms with Crippen molar-refractivity contribution < 1.29 is 9.31 Å². The molecule has 4 rings (SSSR count). The van der Waals surface area contributed by atoms with E-state index in [1.54, 1.807) is 0 Å². The lowest BCUT2D eigenvalue weighted by atomic mass is 9.50. The molecule has 0 N–H and O–H groups in total. The molecular formula is C24H27BO2. The van der Waals surface area contributed by atoms with E-state index >= 15 is 0 Å². The van der Waals surface area contributed by atoms with Crippen molar-refractivity contribution >= 4 is 12.7 Å². The third-order valence-electron chi connectivity index (χ3n) is 6.30. The summed E-state index contributed by atoms with van der Waals surface area (Å²) in [7, 11) is -0.339. The lowest BCUT2D eigenvalue weighted by molar-refractivity contribution is 0.00578. The van der Waals surface area contributed by atoms with Crippen LogP contribution in [0.5, 0.6) is 0 Å². The summed E-state index contributed by atoms with van der Waals surface area (Å²) in [5.74, 6) is 0. The second kappa shape index (κ2) is 6.51. The summed E-state index contributed by atoms with van der Waals surface area (Å²) >= 11 is 0. The van der Waals surface area contributed by atoms with E-state index in [2.05, 4.69) is 107 Å². The first-order valence-electron chi connectivity index (χ1n) is 9.69. The Morgan fingerprint density at radius 2 is 1.33 bits per heavy atom. The standard InChI is InChI=1S/C24H27BO2/c1-22(2)23(3,4)27-25(26-22)24(21-15-9-6-10-16-21)17-11-14-20(18-24)19-12-7-5-8-13-19/h5-17H,18H2,1-4H3. The van der Waals surface area contributed by atoms with E-state index in [-0.39, 0.29) is 23.6 Å². The third-order valence-corrected chi connectivity index (χ3v) is 6.30. The van der Waals surface area contributed by atoms with Crippen LogP contribution in [0.1, 0.15) is 45.2 Å². The van der Waals surface area contributed by atoms with Crippen LogP contribution in [0.25, 0.3) is 5.57 Å². The second-order valence-corrected chi connectivity index (χ2v) is 8.59. The molecule has 1 fully saturated rings. The molecule has 0 amide bonds. The smallest absolute Gasteiger partial charge is 0.402 e. The highest BCUT2D eigenvalue weighted by Crippen LogP contribution is 2.48. The van der Waals surface area contributed by atoms with E-state index in [9.17, 15) is 0 Å². The maximum Gasteiger partial charge on any atom is 0.473 e. The van der Waals surface area contributed by atoms with E-state index < -0.39 is 0 Å². The molecule has 3 heteroatoms. The molecule has 27 heavy (non-hydrogen) atoms. The fourth-order valence-electron chi connectivity index (χ4n) is 3.92. The molecule has 1 heterocycles. The maximum atomic E-state index is 6.54. The first kappa shape index (κ1) is 18.3. The van der Waals surface area contributed by atoms with Gasteiger partial charge in [0, 0.05) is 0 Å². The summed E-state index contributed by atoms with van der Waals surface area (Å²) in [5, 5.41) is -0.355. The van der Waals surface area contributed by atoms with Gasteiger partial charge in [0.15, 0.2) is 0 Å². The number of rotatable bonds is 3. The molecule has 0 saturated carbocycles. The molecule has 1 aliphatic carbocycles. The molecule has 2 nitrogen and oxygen atoms in total. The summed E-state index contributed by atoms with van der Waals surface area (Å²) < 4.78 is 13.1. The van der Waals surface area contributed by atoms with E-state index in [1.165, 1.54) is 16.7 Å². The Hall–Kier alpha value is -2.10. The summed E-state index contributed by atoms with van der Waals surface area (Å²) in [4.78, 5) is 0. The van der Waals surface area contributed by atoms with Crippen LogP contribution in [0, 0.1) is 0 Å². The quantitative estimate of drug-likeness (QED) is 0.665. The van der Waals surface area contributed by atoms with Crippen LogP contribution in [0.4, 0.5) is 0 Å². The Morgan fingerprint density at radius 1 is 0.778 bits per heavy atom. The number of hydrogen-bond acceptors (Lipinski definition) is 2. The van der Waals surface area contributed by atoms with Crippen molar-refractivity contribution in [3.05, 3.63) is 90.0 Å². The van der Waals surface area contributed by atoms with Gasteiger partial charge in [0.2, 0.25) is 0 Å². The molecule has 138 valence electrons.